The summed E-state index contributed by atoms with van der Waals surface area (Å²) in [6.45, 7) is 0.649. The summed E-state index contributed by atoms with van der Waals surface area (Å²) in [5.41, 5.74) is 0. The second kappa shape index (κ2) is 5.07. The number of hydrogen-bond donors (Lipinski definition) is 0. The van der Waals surface area contributed by atoms with Crippen molar-refractivity contribution in [3.63, 3.8) is 0 Å². The highest BCUT2D eigenvalue weighted by Crippen LogP contribution is 2.17. The first-order valence-corrected chi connectivity index (χ1v) is 6.14. The van der Waals surface area contributed by atoms with E-state index < -0.39 is 11.4 Å². The van der Waals surface area contributed by atoms with E-state index in [0.717, 1.165) is 10.2 Å². The highest BCUT2D eigenvalue weighted by Gasteiger charge is 2.23. The summed E-state index contributed by atoms with van der Waals surface area (Å²) in [5, 5.41) is 0. The normalized spacial score (nSPS) is 25.4. The number of rotatable bonds is 3. The molecule has 15 heavy (non-hydrogen) atoms. The Hall–Kier alpha value is -0.430. The Bertz CT molecular complexity index is 354. The summed E-state index contributed by atoms with van der Waals surface area (Å²) in [4.78, 5) is 0. The van der Waals surface area contributed by atoms with Crippen LogP contribution in [0.5, 0.6) is 5.75 Å². The first-order chi connectivity index (χ1) is 7.24. The van der Waals surface area contributed by atoms with Crippen molar-refractivity contribution in [2.75, 3.05) is 13.2 Å². The van der Waals surface area contributed by atoms with Gasteiger partial charge in [-0.25, -0.2) is 0 Å². The van der Waals surface area contributed by atoms with Crippen LogP contribution >= 0.6 is 15.9 Å². The molecule has 2 unspecified atom stereocenters. The monoisotopic (exact) mass is 292 g/mol. The average molecular weight is 293 g/mol. The third kappa shape index (κ3) is 3.27. The summed E-state index contributed by atoms with van der Waals surface area (Å²) in [7, 11) is 0. The molecule has 0 aromatic heterocycles. The van der Waals surface area contributed by atoms with Crippen LogP contribution < -0.4 is 4.74 Å². The molecule has 2 rings (SSSR count). The van der Waals surface area contributed by atoms with E-state index in [2.05, 4.69) is 15.9 Å². The zero-order chi connectivity index (χ0) is 10.7. The summed E-state index contributed by atoms with van der Waals surface area (Å²) in [6, 6.07) is 7.46. The van der Waals surface area contributed by atoms with Crippen molar-refractivity contribution in [1.29, 1.82) is 0 Å². The number of benzene rings is 1. The van der Waals surface area contributed by atoms with Crippen LogP contribution in [0.4, 0.5) is 0 Å². The Morgan fingerprint density at radius 1 is 1.47 bits per heavy atom. The van der Waals surface area contributed by atoms with Gasteiger partial charge >= 0.3 is 11.4 Å². The lowest BCUT2D eigenvalue weighted by atomic mass is 10.3. The molecule has 1 aliphatic heterocycles. The molecule has 0 amide bonds. The molecule has 1 aromatic rings. The lowest BCUT2D eigenvalue weighted by Gasteiger charge is -2.08. The van der Waals surface area contributed by atoms with Crippen molar-refractivity contribution in [3.05, 3.63) is 28.7 Å². The van der Waals surface area contributed by atoms with E-state index in [4.69, 9.17) is 13.1 Å². The van der Waals surface area contributed by atoms with E-state index >= 15 is 0 Å². The van der Waals surface area contributed by atoms with Crippen LogP contribution in [0.15, 0.2) is 28.7 Å². The molecule has 2 atom stereocenters. The Labute approximate surface area is 98.5 Å². The van der Waals surface area contributed by atoms with E-state index in [0.29, 0.717) is 13.2 Å². The van der Waals surface area contributed by atoms with Gasteiger partial charge in [0, 0.05) is 4.47 Å². The van der Waals surface area contributed by atoms with Gasteiger partial charge in [-0.2, -0.15) is 4.21 Å². The van der Waals surface area contributed by atoms with Gasteiger partial charge in [0.05, 0.1) is 6.61 Å². The van der Waals surface area contributed by atoms with Gasteiger partial charge in [0.2, 0.25) is 0 Å². The summed E-state index contributed by atoms with van der Waals surface area (Å²) in [6.07, 6.45) is -0.255. The molecule has 1 aliphatic rings. The fourth-order valence-corrected chi connectivity index (χ4v) is 2.01. The summed E-state index contributed by atoms with van der Waals surface area (Å²) < 4.78 is 26.8. The minimum Gasteiger partial charge on any atom is -0.491 e. The van der Waals surface area contributed by atoms with Crippen molar-refractivity contribution < 1.29 is 17.3 Å². The van der Waals surface area contributed by atoms with E-state index in [1.54, 1.807) is 0 Å². The molecule has 1 fully saturated rings. The first kappa shape index (κ1) is 11.1. The predicted molar refractivity (Wildman–Crippen MR) is 58.6 cm³/mol. The highest BCUT2D eigenvalue weighted by atomic mass is 79.9. The predicted octanol–water partition coefficient (Wildman–Crippen LogP) is 1.82. The zero-order valence-electron chi connectivity index (χ0n) is 7.72. The molecule has 1 heterocycles. The minimum atomic E-state index is -1.60. The maximum atomic E-state index is 10.7. The van der Waals surface area contributed by atoms with Gasteiger partial charge < -0.3 is 4.74 Å². The fraction of sp³-hybridized carbons (Fsp3) is 0.333. The second-order valence-corrected chi connectivity index (χ2v) is 4.72. The molecule has 1 saturated heterocycles. The van der Waals surface area contributed by atoms with Gasteiger partial charge in [-0.1, -0.05) is 15.9 Å². The molecule has 4 nitrogen and oxygen atoms in total. The van der Waals surface area contributed by atoms with Crippen LogP contribution in [-0.2, 0) is 19.7 Å². The largest absolute Gasteiger partial charge is 0.491 e. The maximum absolute atomic E-state index is 10.7. The highest BCUT2D eigenvalue weighted by molar-refractivity contribution is 9.10. The van der Waals surface area contributed by atoms with E-state index in [-0.39, 0.29) is 6.10 Å². The van der Waals surface area contributed by atoms with Gasteiger partial charge in [-0.15, -0.1) is 0 Å². The Morgan fingerprint density at radius 3 is 2.80 bits per heavy atom. The Morgan fingerprint density at radius 2 is 2.20 bits per heavy atom. The zero-order valence-corrected chi connectivity index (χ0v) is 10.1. The van der Waals surface area contributed by atoms with E-state index in [1.807, 2.05) is 24.3 Å². The van der Waals surface area contributed by atoms with Gasteiger partial charge in [0.1, 0.15) is 18.5 Å². The van der Waals surface area contributed by atoms with Crippen LogP contribution in [0.1, 0.15) is 0 Å². The molecule has 82 valence electrons. The summed E-state index contributed by atoms with van der Waals surface area (Å²) in [5.74, 6) is 0.750. The quantitative estimate of drug-likeness (QED) is 0.853. The average Bonchev–Trinajstić information content (AvgIpc) is 2.64. The van der Waals surface area contributed by atoms with Crippen LogP contribution in [0.2, 0.25) is 0 Å². The number of hydrogen-bond acceptors (Lipinski definition) is 4. The number of halogens is 1. The van der Waals surface area contributed by atoms with Crippen molar-refractivity contribution in [1.82, 2.24) is 0 Å². The minimum absolute atomic E-state index is 0.255. The molecule has 0 spiro atoms. The lowest BCUT2D eigenvalue weighted by molar-refractivity contribution is 0.151. The van der Waals surface area contributed by atoms with E-state index in [1.165, 1.54) is 0 Å². The van der Waals surface area contributed by atoms with Gasteiger partial charge in [0.25, 0.3) is 0 Å². The van der Waals surface area contributed by atoms with E-state index in [9.17, 15) is 4.21 Å². The fourth-order valence-electron chi connectivity index (χ4n) is 1.09. The standard InChI is InChI=1S/C9H9BrO4S/c10-7-1-3-8(4-2-7)12-5-9-6-13-15(11)14-9/h1-4,9H,5-6H2. The smallest absolute Gasteiger partial charge is 0.305 e. The Kier molecular flexibility index (Phi) is 3.74. The Balaban J connectivity index is 1.83. The molecule has 0 N–H and O–H groups in total. The molecule has 6 heteroatoms. The molecule has 1 aromatic carbocycles. The van der Waals surface area contributed by atoms with Crippen molar-refractivity contribution in [3.8, 4) is 5.75 Å². The van der Waals surface area contributed by atoms with Gasteiger partial charge in [0.15, 0.2) is 0 Å². The molecular weight excluding hydrogens is 284 g/mol. The maximum Gasteiger partial charge on any atom is 0.305 e. The second-order valence-electron chi connectivity index (χ2n) is 2.97. The third-order valence-corrected chi connectivity index (χ3v) is 3.10. The SMILES string of the molecule is O=S1OCC(COc2ccc(Br)cc2)O1. The van der Waals surface area contributed by atoms with Crippen LogP contribution in [0.25, 0.3) is 0 Å². The third-order valence-electron chi connectivity index (χ3n) is 1.81. The van der Waals surface area contributed by atoms with Gasteiger partial charge in [-0.3, -0.25) is 8.37 Å². The summed E-state index contributed by atoms with van der Waals surface area (Å²) >= 11 is 1.73. The van der Waals surface area contributed by atoms with Crippen molar-refractivity contribution in [2.45, 2.75) is 6.10 Å². The van der Waals surface area contributed by atoms with Crippen LogP contribution in [0.3, 0.4) is 0 Å². The molecule has 0 aliphatic carbocycles. The van der Waals surface area contributed by atoms with Crippen LogP contribution in [-0.4, -0.2) is 23.5 Å². The van der Waals surface area contributed by atoms with Crippen LogP contribution in [0, 0.1) is 0 Å². The lowest BCUT2D eigenvalue weighted by Crippen LogP contribution is -2.19. The van der Waals surface area contributed by atoms with Crippen molar-refractivity contribution >= 4 is 27.3 Å². The van der Waals surface area contributed by atoms with Crippen molar-refractivity contribution in [2.24, 2.45) is 0 Å². The molecule has 0 bridgehead atoms. The topological polar surface area (TPSA) is 44.8 Å². The molecule has 0 radical (unpaired) electrons. The van der Waals surface area contributed by atoms with Gasteiger partial charge in [-0.05, 0) is 24.3 Å². The first-order valence-electron chi connectivity index (χ1n) is 4.34. The molecular formula is C9H9BrO4S. The molecule has 0 saturated carbocycles. The number of ether oxygens (including phenoxy) is 1.